The van der Waals surface area contributed by atoms with Crippen molar-refractivity contribution in [3.8, 4) is 0 Å². The van der Waals surface area contributed by atoms with Crippen LogP contribution in [0.15, 0.2) is 0 Å². The minimum atomic E-state index is -1.10. The number of hydrogen-bond donors (Lipinski definition) is 0. The Morgan fingerprint density at radius 1 is 1.33 bits per heavy atom. The molecule has 0 N–H and O–H groups in total. The fourth-order valence-electron chi connectivity index (χ4n) is 1.49. The van der Waals surface area contributed by atoms with Crippen LogP contribution in [0.25, 0.3) is 0 Å². The van der Waals surface area contributed by atoms with Gasteiger partial charge in [0.1, 0.15) is 5.25 Å². The largest absolute Gasteiger partial charge is 0.468 e. The molecule has 0 aliphatic heterocycles. The van der Waals surface area contributed by atoms with Crippen molar-refractivity contribution in [1.29, 1.82) is 0 Å². The lowest BCUT2D eigenvalue weighted by atomic mass is 10.2. The van der Waals surface area contributed by atoms with Crippen LogP contribution in [0, 0.1) is 11.8 Å². The van der Waals surface area contributed by atoms with Gasteiger partial charge in [0.15, 0.2) is 0 Å². The zero-order chi connectivity index (χ0) is 11.6. The molecule has 1 rings (SSSR count). The lowest BCUT2D eigenvalue weighted by Gasteiger charge is -2.21. The zero-order valence-corrected chi connectivity index (χ0v) is 10.7. The Morgan fingerprint density at radius 3 is 2.20 bits per heavy atom. The molecule has 0 radical (unpaired) electrons. The molecule has 0 aromatic heterocycles. The molecule has 0 spiro atoms. The summed E-state index contributed by atoms with van der Waals surface area (Å²) in [4.78, 5) is 11.5. The van der Waals surface area contributed by atoms with E-state index >= 15 is 0 Å². The number of hydrogen-bond acceptors (Lipinski definition) is 3. The Kier molecular flexibility index (Phi) is 4.32. The van der Waals surface area contributed by atoms with E-state index in [9.17, 15) is 9.00 Å². The molecule has 0 aromatic carbocycles. The van der Waals surface area contributed by atoms with Crippen molar-refractivity contribution in [3.05, 3.63) is 0 Å². The van der Waals surface area contributed by atoms with E-state index in [1.54, 1.807) is 0 Å². The highest BCUT2D eigenvalue weighted by Crippen LogP contribution is 2.37. The van der Waals surface area contributed by atoms with Crippen molar-refractivity contribution in [3.63, 3.8) is 0 Å². The lowest BCUT2D eigenvalue weighted by Crippen LogP contribution is -2.36. The Morgan fingerprint density at radius 2 is 1.87 bits per heavy atom. The molecule has 0 aromatic rings. The number of rotatable bonds is 5. The summed E-state index contributed by atoms with van der Waals surface area (Å²) >= 11 is 0. The third-order valence-corrected chi connectivity index (χ3v) is 5.39. The topological polar surface area (TPSA) is 43.4 Å². The first kappa shape index (κ1) is 12.7. The molecule has 3 atom stereocenters. The Balaban J connectivity index is 2.71. The second kappa shape index (κ2) is 5.10. The van der Waals surface area contributed by atoms with Crippen LogP contribution in [0.3, 0.4) is 0 Å². The van der Waals surface area contributed by atoms with E-state index in [-0.39, 0.29) is 11.2 Å². The van der Waals surface area contributed by atoms with Gasteiger partial charge in [0.2, 0.25) is 0 Å². The highest BCUT2D eigenvalue weighted by Gasteiger charge is 2.43. The zero-order valence-electron chi connectivity index (χ0n) is 9.86. The maximum Gasteiger partial charge on any atom is 0.321 e. The van der Waals surface area contributed by atoms with E-state index < -0.39 is 16.0 Å². The monoisotopic (exact) mass is 232 g/mol. The normalized spacial score (nSPS) is 22.2. The molecule has 1 fully saturated rings. The summed E-state index contributed by atoms with van der Waals surface area (Å²) in [5.74, 6) is 0.319. The Labute approximate surface area is 94.0 Å². The molecule has 1 saturated carbocycles. The van der Waals surface area contributed by atoms with Gasteiger partial charge in [0.25, 0.3) is 0 Å². The van der Waals surface area contributed by atoms with Crippen molar-refractivity contribution in [2.45, 2.75) is 44.1 Å². The predicted molar refractivity (Wildman–Crippen MR) is 61.0 cm³/mol. The standard InChI is InChI=1S/C11H20O3S/c1-7(2)8(3)15(13)10(9-5-6-9)11(12)14-4/h7-10H,5-6H2,1-4H3. The smallest absolute Gasteiger partial charge is 0.321 e. The van der Waals surface area contributed by atoms with Crippen LogP contribution >= 0.6 is 0 Å². The van der Waals surface area contributed by atoms with Crippen LogP contribution < -0.4 is 0 Å². The van der Waals surface area contributed by atoms with E-state index in [1.807, 2.05) is 20.8 Å². The second-order valence-electron chi connectivity index (χ2n) is 4.56. The van der Waals surface area contributed by atoms with Crippen molar-refractivity contribution in [2.75, 3.05) is 7.11 Å². The minimum absolute atomic E-state index is 0.0506. The third kappa shape index (κ3) is 3.03. The molecule has 88 valence electrons. The Hall–Kier alpha value is -0.380. The summed E-state index contributed by atoms with van der Waals surface area (Å²) in [5, 5.41) is -0.345. The molecular formula is C11H20O3S. The van der Waals surface area contributed by atoms with Crippen LogP contribution in [-0.2, 0) is 20.3 Å². The van der Waals surface area contributed by atoms with Crippen molar-refractivity contribution < 1.29 is 13.7 Å². The molecule has 0 bridgehead atoms. The molecule has 4 heteroatoms. The molecular weight excluding hydrogens is 212 g/mol. The summed E-state index contributed by atoms with van der Waals surface area (Å²) < 4.78 is 16.9. The van der Waals surface area contributed by atoms with Gasteiger partial charge < -0.3 is 4.74 Å². The molecule has 3 nitrogen and oxygen atoms in total. The second-order valence-corrected chi connectivity index (χ2v) is 6.47. The van der Waals surface area contributed by atoms with Crippen LogP contribution in [0.2, 0.25) is 0 Å². The average molecular weight is 232 g/mol. The fourth-order valence-corrected chi connectivity index (χ4v) is 3.43. The van der Waals surface area contributed by atoms with E-state index in [4.69, 9.17) is 4.74 Å². The first-order chi connectivity index (χ1) is 6.99. The Bertz CT molecular complexity index is 259. The maximum atomic E-state index is 12.2. The third-order valence-electron chi connectivity index (χ3n) is 3.04. The molecule has 0 saturated heterocycles. The van der Waals surface area contributed by atoms with Gasteiger partial charge in [-0.25, -0.2) is 0 Å². The number of carbonyl (C=O) groups excluding carboxylic acids is 1. The van der Waals surface area contributed by atoms with Crippen molar-refractivity contribution in [2.24, 2.45) is 11.8 Å². The van der Waals surface area contributed by atoms with Crippen molar-refractivity contribution >= 4 is 16.8 Å². The summed E-state index contributed by atoms with van der Waals surface area (Å²) in [5.41, 5.74) is 0. The predicted octanol–water partition coefficient (Wildman–Crippen LogP) is 1.73. The van der Waals surface area contributed by atoms with E-state index in [1.165, 1.54) is 7.11 Å². The van der Waals surface area contributed by atoms with E-state index in [0.717, 1.165) is 12.8 Å². The first-order valence-corrected chi connectivity index (χ1v) is 6.73. The van der Waals surface area contributed by atoms with Gasteiger partial charge in [-0.1, -0.05) is 20.8 Å². The van der Waals surface area contributed by atoms with Gasteiger partial charge in [-0.05, 0) is 24.7 Å². The van der Waals surface area contributed by atoms with Gasteiger partial charge >= 0.3 is 5.97 Å². The summed E-state index contributed by atoms with van der Waals surface area (Å²) in [6.07, 6.45) is 2.02. The SMILES string of the molecule is COC(=O)C(C1CC1)S(=O)C(C)C(C)C. The molecule has 1 aliphatic rings. The fraction of sp³-hybridized carbons (Fsp3) is 0.909. The van der Waals surface area contributed by atoms with Gasteiger partial charge in [-0.3, -0.25) is 9.00 Å². The van der Waals surface area contributed by atoms with Crippen LogP contribution in [0.1, 0.15) is 33.6 Å². The minimum Gasteiger partial charge on any atom is -0.468 e. The lowest BCUT2D eigenvalue weighted by molar-refractivity contribution is -0.140. The number of methoxy groups -OCH3 is 1. The summed E-state index contributed by atoms with van der Waals surface area (Å²) in [7, 11) is 0.265. The van der Waals surface area contributed by atoms with E-state index in [2.05, 4.69) is 0 Å². The van der Waals surface area contributed by atoms with Gasteiger partial charge in [-0.2, -0.15) is 0 Å². The average Bonchev–Trinajstić information content (AvgIpc) is 3.00. The quantitative estimate of drug-likeness (QED) is 0.678. The van der Waals surface area contributed by atoms with Crippen LogP contribution in [-0.4, -0.2) is 27.8 Å². The van der Waals surface area contributed by atoms with E-state index in [0.29, 0.717) is 11.8 Å². The molecule has 1 aliphatic carbocycles. The summed E-state index contributed by atoms with van der Waals surface area (Å²) in [6, 6.07) is 0. The highest BCUT2D eigenvalue weighted by atomic mass is 32.2. The van der Waals surface area contributed by atoms with Crippen molar-refractivity contribution in [1.82, 2.24) is 0 Å². The molecule has 15 heavy (non-hydrogen) atoms. The summed E-state index contributed by atoms with van der Waals surface area (Å²) in [6.45, 7) is 6.01. The molecule has 3 unspecified atom stereocenters. The first-order valence-electron chi connectivity index (χ1n) is 5.46. The number of esters is 1. The highest BCUT2D eigenvalue weighted by molar-refractivity contribution is 7.87. The molecule has 0 amide bonds. The molecule has 0 heterocycles. The van der Waals surface area contributed by atoms with Gasteiger partial charge in [0, 0.05) is 16.0 Å². The maximum absolute atomic E-state index is 12.2. The number of carbonyl (C=O) groups is 1. The van der Waals surface area contributed by atoms with Gasteiger partial charge in [-0.15, -0.1) is 0 Å². The van der Waals surface area contributed by atoms with Gasteiger partial charge in [0.05, 0.1) is 7.11 Å². The number of ether oxygens (including phenoxy) is 1. The van der Waals surface area contributed by atoms with Crippen LogP contribution in [0.4, 0.5) is 0 Å². The van der Waals surface area contributed by atoms with Crippen LogP contribution in [0.5, 0.6) is 0 Å².